The first kappa shape index (κ1) is 29.4. The molecular weight excluding hydrogens is 343 g/mol. The third-order valence-corrected chi connectivity index (χ3v) is 5.14. The predicted molar refractivity (Wildman–Crippen MR) is 112 cm³/mol. The maximum atomic E-state index is 10.3. The van der Waals surface area contributed by atoms with Gasteiger partial charge in [-0.2, -0.15) is 0 Å². The Labute approximate surface area is 192 Å². The van der Waals surface area contributed by atoms with Gasteiger partial charge in [0, 0.05) is 5.97 Å². The molecule has 0 aliphatic carbocycles. The molecule has 0 saturated carbocycles. The van der Waals surface area contributed by atoms with Crippen LogP contribution in [-0.2, 0) is 4.79 Å². The SMILES string of the molecule is CCCCCCCC/C=C\CCCCCCCCCCCCCC(=O)[O-].[Na+]. The van der Waals surface area contributed by atoms with E-state index in [1.165, 1.54) is 109 Å². The maximum Gasteiger partial charge on any atom is 1.00 e. The number of hydrogen-bond donors (Lipinski definition) is 0. The van der Waals surface area contributed by atoms with Gasteiger partial charge in [0.2, 0.25) is 0 Å². The standard InChI is InChI=1S/C24H46O2.Na/c1-2-3-4-5-6-7-8-9-10-11-12-13-14-15-16-17-18-19-20-21-22-23-24(25)26;/h9-10H,2-8,11-23H2,1H3,(H,25,26);/q;+1/p-1/b10-9-;. The van der Waals surface area contributed by atoms with Crippen molar-refractivity contribution >= 4 is 5.97 Å². The molecule has 0 rings (SSSR count). The molecule has 0 aromatic rings. The Hall–Kier alpha value is 0.210. The van der Waals surface area contributed by atoms with Gasteiger partial charge < -0.3 is 9.90 Å². The molecule has 0 aromatic heterocycles. The van der Waals surface area contributed by atoms with E-state index in [0.29, 0.717) is 0 Å². The van der Waals surface area contributed by atoms with E-state index in [9.17, 15) is 9.90 Å². The molecule has 0 atom stereocenters. The molecular formula is C24H45NaO2. The number of carboxylic acid groups (broad SMARTS) is 1. The Morgan fingerprint density at radius 1 is 0.593 bits per heavy atom. The number of unbranched alkanes of at least 4 members (excludes halogenated alkanes) is 17. The molecule has 0 radical (unpaired) electrons. The van der Waals surface area contributed by atoms with Crippen LogP contribution in [0.4, 0.5) is 0 Å². The molecule has 2 nitrogen and oxygen atoms in total. The van der Waals surface area contributed by atoms with Crippen LogP contribution in [-0.4, -0.2) is 5.97 Å². The predicted octanol–water partition coefficient (Wildman–Crippen LogP) is 4.12. The molecule has 154 valence electrons. The van der Waals surface area contributed by atoms with Crippen molar-refractivity contribution < 1.29 is 39.5 Å². The zero-order chi connectivity index (χ0) is 19.1. The van der Waals surface area contributed by atoms with E-state index in [2.05, 4.69) is 19.1 Å². The van der Waals surface area contributed by atoms with Crippen LogP contribution in [0, 0.1) is 0 Å². The zero-order valence-electron chi connectivity index (χ0n) is 18.6. The third kappa shape index (κ3) is 28.5. The summed E-state index contributed by atoms with van der Waals surface area (Å²) in [4.78, 5) is 10.3. The van der Waals surface area contributed by atoms with Gasteiger partial charge in [0.15, 0.2) is 0 Å². The van der Waals surface area contributed by atoms with Gasteiger partial charge >= 0.3 is 29.6 Å². The molecule has 0 saturated heterocycles. The Balaban J connectivity index is 0. The molecule has 0 unspecified atom stereocenters. The van der Waals surface area contributed by atoms with E-state index in [4.69, 9.17) is 0 Å². The monoisotopic (exact) mass is 388 g/mol. The molecule has 27 heavy (non-hydrogen) atoms. The summed E-state index contributed by atoms with van der Waals surface area (Å²) >= 11 is 0. The van der Waals surface area contributed by atoms with Crippen molar-refractivity contribution in [2.45, 2.75) is 135 Å². The van der Waals surface area contributed by atoms with Crippen LogP contribution in [0.3, 0.4) is 0 Å². The second-order valence-electron chi connectivity index (χ2n) is 7.83. The van der Waals surface area contributed by atoms with Crippen LogP contribution in [0.25, 0.3) is 0 Å². The average Bonchev–Trinajstić information content (AvgIpc) is 2.62. The van der Waals surface area contributed by atoms with Crippen LogP contribution in [0.5, 0.6) is 0 Å². The van der Waals surface area contributed by atoms with E-state index in [1.807, 2.05) is 0 Å². The minimum absolute atomic E-state index is 0. The van der Waals surface area contributed by atoms with Crippen molar-refractivity contribution in [1.29, 1.82) is 0 Å². The summed E-state index contributed by atoms with van der Waals surface area (Å²) in [5.41, 5.74) is 0. The van der Waals surface area contributed by atoms with Crippen molar-refractivity contribution in [3.05, 3.63) is 12.2 Å². The Kier molecular flexibility index (Phi) is 28.6. The molecule has 0 spiro atoms. The van der Waals surface area contributed by atoms with Gasteiger partial charge in [0.25, 0.3) is 0 Å². The van der Waals surface area contributed by atoms with Crippen molar-refractivity contribution in [2.24, 2.45) is 0 Å². The van der Waals surface area contributed by atoms with E-state index in [1.54, 1.807) is 0 Å². The molecule has 0 bridgehead atoms. The molecule has 0 N–H and O–H groups in total. The first-order valence-corrected chi connectivity index (χ1v) is 11.6. The molecule has 0 aliphatic heterocycles. The fourth-order valence-electron chi connectivity index (χ4n) is 3.40. The second kappa shape index (κ2) is 26.2. The Morgan fingerprint density at radius 2 is 0.926 bits per heavy atom. The summed E-state index contributed by atoms with van der Waals surface area (Å²) in [5.74, 6) is -0.904. The largest absolute Gasteiger partial charge is 1.00 e. The minimum atomic E-state index is -0.904. The molecule has 0 fully saturated rings. The normalized spacial score (nSPS) is 11.0. The number of rotatable bonds is 21. The fourth-order valence-corrected chi connectivity index (χ4v) is 3.40. The van der Waals surface area contributed by atoms with E-state index in [-0.39, 0.29) is 36.0 Å². The van der Waals surface area contributed by atoms with Gasteiger partial charge in [0.1, 0.15) is 0 Å². The number of aliphatic carboxylic acids is 1. The molecule has 0 heterocycles. The number of hydrogen-bond acceptors (Lipinski definition) is 2. The Morgan fingerprint density at radius 3 is 1.30 bits per heavy atom. The number of carboxylic acids is 1. The second-order valence-corrected chi connectivity index (χ2v) is 7.83. The molecule has 0 amide bonds. The Bertz CT molecular complexity index is 316. The number of carbonyl (C=O) groups is 1. The summed E-state index contributed by atoms with van der Waals surface area (Å²) in [5, 5.41) is 10.3. The van der Waals surface area contributed by atoms with Crippen LogP contribution in [0.1, 0.15) is 135 Å². The fraction of sp³-hybridized carbons (Fsp3) is 0.875. The van der Waals surface area contributed by atoms with E-state index >= 15 is 0 Å². The molecule has 0 aromatic carbocycles. The summed E-state index contributed by atoms with van der Waals surface area (Å²) < 4.78 is 0. The van der Waals surface area contributed by atoms with Gasteiger partial charge in [-0.15, -0.1) is 0 Å². The van der Waals surface area contributed by atoms with Gasteiger partial charge in [-0.3, -0.25) is 0 Å². The zero-order valence-corrected chi connectivity index (χ0v) is 20.6. The van der Waals surface area contributed by atoms with Gasteiger partial charge in [-0.25, -0.2) is 0 Å². The smallest absolute Gasteiger partial charge is 0.550 e. The van der Waals surface area contributed by atoms with E-state index in [0.717, 1.165) is 12.8 Å². The average molecular weight is 389 g/mol. The van der Waals surface area contributed by atoms with Crippen molar-refractivity contribution in [2.75, 3.05) is 0 Å². The maximum absolute atomic E-state index is 10.3. The van der Waals surface area contributed by atoms with E-state index < -0.39 is 5.97 Å². The van der Waals surface area contributed by atoms with Crippen molar-refractivity contribution in [3.8, 4) is 0 Å². The summed E-state index contributed by atoms with van der Waals surface area (Å²) in [7, 11) is 0. The van der Waals surface area contributed by atoms with Crippen LogP contribution in [0.2, 0.25) is 0 Å². The van der Waals surface area contributed by atoms with Gasteiger partial charge in [-0.1, -0.05) is 109 Å². The first-order valence-electron chi connectivity index (χ1n) is 11.6. The summed E-state index contributed by atoms with van der Waals surface area (Å²) in [6.07, 6.45) is 29.7. The topological polar surface area (TPSA) is 40.1 Å². The summed E-state index contributed by atoms with van der Waals surface area (Å²) in [6, 6.07) is 0. The third-order valence-electron chi connectivity index (χ3n) is 5.14. The number of carbonyl (C=O) groups excluding carboxylic acids is 1. The minimum Gasteiger partial charge on any atom is -0.550 e. The molecule has 0 aliphatic rings. The molecule has 3 heteroatoms. The van der Waals surface area contributed by atoms with Crippen molar-refractivity contribution in [1.82, 2.24) is 0 Å². The van der Waals surface area contributed by atoms with Crippen LogP contribution in [0.15, 0.2) is 12.2 Å². The quantitative estimate of drug-likeness (QED) is 0.169. The van der Waals surface area contributed by atoms with Gasteiger partial charge in [0.05, 0.1) is 0 Å². The van der Waals surface area contributed by atoms with Crippen molar-refractivity contribution in [3.63, 3.8) is 0 Å². The first-order chi connectivity index (χ1) is 12.8. The van der Waals surface area contributed by atoms with Crippen LogP contribution < -0.4 is 34.7 Å². The van der Waals surface area contributed by atoms with Crippen LogP contribution >= 0.6 is 0 Å². The number of allylic oxidation sites excluding steroid dienone is 2. The van der Waals surface area contributed by atoms with Gasteiger partial charge in [-0.05, 0) is 38.5 Å². The summed E-state index contributed by atoms with van der Waals surface area (Å²) in [6.45, 7) is 2.27.